The summed E-state index contributed by atoms with van der Waals surface area (Å²) in [4.78, 5) is 22.1. The maximum absolute atomic E-state index is 11.1. The number of carbonyl (C=O) groups is 2. The Hall–Kier alpha value is -1.66. The summed E-state index contributed by atoms with van der Waals surface area (Å²) in [7, 11) is 0. The van der Waals surface area contributed by atoms with Gasteiger partial charge in [-0.25, -0.2) is 9.59 Å². The Balaban J connectivity index is 1.89. The minimum Gasteiger partial charge on any atom is -0.459 e. The van der Waals surface area contributed by atoms with E-state index in [2.05, 4.69) is 13.2 Å². The lowest BCUT2D eigenvalue weighted by Crippen LogP contribution is -2.28. The van der Waals surface area contributed by atoms with Gasteiger partial charge in [-0.3, -0.25) is 0 Å². The topological polar surface area (TPSA) is 77.7 Å². The summed E-state index contributed by atoms with van der Waals surface area (Å²) in [6.45, 7) is 7.24. The molecule has 2 saturated heterocycles. The fourth-order valence-corrected chi connectivity index (χ4v) is 1.59. The largest absolute Gasteiger partial charge is 0.459 e. The van der Waals surface area contributed by atoms with E-state index in [-0.39, 0.29) is 12.7 Å². The standard InChI is InChI=1S/C12H14O6/c1-3-9(13)16-7-12(5-8-6-15-8)11(18-12)17-10(14)4-2/h3-4,8,11H,1-2,5-7H2. The fourth-order valence-electron chi connectivity index (χ4n) is 1.59. The number of hydrogen-bond donors (Lipinski definition) is 0. The van der Waals surface area contributed by atoms with Crippen LogP contribution in [0.3, 0.4) is 0 Å². The van der Waals surface area contributed by atoms with Crippen molar-refractivity contribution < 1.29 is 28.5 Å². The first-order chi connectivity index (χ1) is 8.59. The molecule has 0 bridgehead atoms. The van der Waals surface area contributed by atoms with Crippen molar-refractivity contribution in [2.75, 3.05) is 13.2 Å². The smallest absolute Gasteiger partial charge is 0.332 e. The number of rotatable bonds is 7. The Labute approximate surface area is 104 Å². The molecule has 2 fully saturated rings. The molecule has 2 aliphatic rings. The van der Waals surface area contributed by atoms with Crippen molar-refractivity contribution in [2.24, 2.45) is 0 Å². The number of epoxide rings is 2. The van der Waals surface area contributed by atoms with Crippen LogP contribution in [0.2, 0.25) is 0 Å². The normalized spacial score (nSPS) is 32.2. The Bertz CT molecular complexity index is 386. The van der Waals surface area contributed by atoms with Gasteiger partial charge in [-0.15, -0.1) is 0 Å². The number of esters is 2. The molecule has 0 N–H and O–H groups in total. The second kappa shape index (κ2) is 4.91. The number of hydrogen-bond acceptors (Lipinski definition) is 6. The van der Waals surface area contributed by atoms with Gasteiger partial charge in [0, 0.05) is 18.6 Å². The van der Waals surface area contributed by atoms with E-state index < -0.39 is 23.8 Å². The summed E-state index contributed by atoms with van der Waals surface area (Å²) in [5.74, 6) is -1.12. The molecule has 0 aromatic heterocycles. The monoisotopic (exact) mass is 254 g/mol. The first kappa shape index (κ1) is 12.8. The summed E-state index contributed by atoms with van der Waals surface area (Å²) < 4.78 is 20.3. The third-order valence-corrected chi connectivity index (χ3v) is 2.70. The zero-order valence-electron chi connectivity index (χ0n) is 9.79. The predicted molar refractivity (Wildman–Crippen MR) is 59.4 cm³/mol. The summed E-state index contributed by atoms with van der Waals surface area (Å²) in [6, 6.07) is 0. The molecule has 0 aliphatic carbocycles. The zero-order chi connectivity index (χ0) is 13.2. The molecular weight excluding hydrogens is 240 g/mol. The lowest BCUT2D eigenvalue weighted by atomic mass is 10.0. The van der Waals surface area contributed by atoms with E-state index in [1.54, 1.807) is 0 Å². The molecular formula is C12H14O6. The van der Waals surface area contributed by atoms with Crippen molar-refractivity contribution >= 4 is 11.9 Å². The molecule has 0 aromatic rings. The Morgan fingerprint density at radius 2 is 2.00 bits per heavy atom. The minimum absolute atomic E-state index is 0.00675. The molecule has 0 spiro atoms. The van der Waals surface area contributed by atoms with Crippen molar-refractivity contribution in [2.45, 2.75) is 24.4 Å². The highest BCUT2D eigenvalue weighted by atomic mass is 16.8. The summed E-state index contributed by atoms with van der Waals surface area (Å²) in [5.41, 5.74) is -0.793. The van der Waals surface area contributed by atoms with Gasteiger partial charge in [-0.1, -0.05) is 13.2 Å². The van der Waals surface area contributed by atoms with Crippen LogP contribution in [0.4, 0.5) is 0 Å². The van der Waals surface area contributed by atoms with Crippen LogP contribution in [0.15, 0.2) is 25.3 Å². The minimum atomic E-state index is -0.793. The first-order valence-corrected chi connectivity index (χ1v) is 5.51. The average Bonchev–Trinajstić information content (AvgIpc) is 3.27. The Morgan fingerprint density at radius 1 is 1.33 bits per heavy atom. The van der Waals surface area contributed by atoms with Gasteiger partial charge in [-0.2, -0.15) is 0 Å². The summed E-state index contributed by atoms with van der Waals surface area (Å²) in [5, 5.41) is 0. The van der Waals surface area contributed by atoms with Crippen LogP contribution < -0.4 is 0 Å². The van der Waals surface area contributed by atoms with E-state index >= 15 is 0 Å². The lowest BCUT2D eigenvalue weighted by Gasteiger charge is -2.10. The van der Waals surface area contributed by atoms with Gasteiger partial charge in [0.15, 0.2) is 5.60 Å². The molecule has 6 heteroatoms. The molecule has 6 nitrogen and oxygen atoms in total. The zero-order valence-corrected chi connectivity index (χ0v) is 9.79. The molecule has 2 rings (SSSR count). The van der Waals surface area contributed by atoms with Gasteiger partial charge in [0.25, 0.3) is 0 Å². The van der Waals surface area contributed by atoms with E-state index in [1.165, 1.54) is 0 Å². The second-order valence-electron chi connectivity index (χ2n) is 4.13. The van der Waals surface area contributed by atoms with Crippen LogP contribution in [0, 0.1) is 0 Å². The van der Waals surface area contributed by atoms with Crippen LogP contribution in [0.25, 0.3) is 0 Å². The molecule has 3 atom stereocenters. The number of carbonyl (C=O) groups excluding carboxylic acids is 2. The molecule has 0 radical (unpaired) electrons. The maximum atomic E-state index is 11.1. The van der Waals surface area contributed by atoms with Gasteiger partial charge >= 0.3 is 11.9 Å². The Kier molecular flexibility index (Phi) is 3.49. The SMILES string of the molecule is C=CC(=O)OCC1(CC2CO2)OC1OC(=O)C=C. The van der Waals surface area contributed by atoms with Gasteiger partial charge in [0.1, 0.15) is 6.61 Å². The first-order valence-electron chi connectivity index (χ1n) is 5.51. The second-order valence-corrected chi connectivity index (χ2v) is 4.13. The third-order valence-electron chi connectivity index (χ3n) is 2.70. The molecule has 2 aliphatic heterocycles. The van der Waals surface area contributed by atoms with Crippen molar-refractivity contribution in [3.63, 3.8) is 0 Å². The van der Waals surface area contributed by atoms with Crippen LogP contribution in [0.5, 0.6) is 0 Å². The highest BCUT2D eigenvalue weighted by Gasteiger charge is 2.62. The molecule has 0 saturated carbocycles. The molecule has 3 unspecified atom stereocenters. The maximum Gasteiger partial charge on any atom is 0.332 e. The van der Waals surface area contributed by atoms with Crippen molar-refractivity contribution in [1.29, 1.82) is 0 Å². The van der Waals surface area contributed by atoms with Gasteiger partial charge in [0.05, 0.1) is 12.7 Å². The molecule has 2 heterocycles. The van der Waals surface area contributed by atoms with Crippen LogP contribution >= 0.6 is 0 Å². The summed E-state index contributed by atoms with van der Waals surface area (Å²) in [6.07, 6.45) is 1.99. The van der Waals surface area contributed by atoms with Gasteiger partial charge in [-0.05, 0) is 0 Å². The molecule has 0 amide bonds. The highest BCUT2D eigenvalue weighted by Crippen LogP contribution is 2.44. The molecule has 18 heavy (non-hydrogen) atoms. The van der Waals surface area contributed by atoms with Gasteiger partial charge in [0.2, 0.25) is 6.29 Å². The van der Waals surface area contributed by atoms with Crippen LogP contribution in [0.1, 0.15) is 6.42 Å². The van der Waals surface area contributed by atoms with E-state index in [0.29, 0.717) is 13.0 Å². The van der Waals surface area contributed by atoms with Crippen LogP contribution in [-0.4, -0.2) is 43.1 Å². The van der Waals surface area contributed by atoms with E-state index in [0.717, 1.165) is 12.2 Å². The predicted octanol–water partition coefficient (Wildman–Crippen LogP) is 0.329. The van der Waals surface area contributed by atoms with Crippen molar-refractivity contribution in [3.8, 4) is 0 Å². The van der Waals surface area contributed by atoms with E-state index in [1.807, 2.05) is 0 Å². The van der Waals surface area contributed by atoms with Crippen molar-refractivity contribution in [3.05, 3.63) is 25.3 Å². The molecule has 98 valence electrons. The quantitative estimate of drug-likeness (QED) is 0.370. The number of ether oxygens (including phenoxy) is 4. The summed E-state index contributed by atoms with van der Waals surface area (Å²) >= 11 is 0. The molecule has 0 aromatic carbocycles. The van der Waals surface area contributed by atoms with Crippen LogP contribution in [-0.2, 0) is 28.5 Å². The Morgan fingerprint density at radius 3 is 2.56 bits per heavy atom. The fraction of sp³-hybridized carbons (Fsp3) is 0.500. The average molecular weight is 254 g/mol. The van der Waals surface area contributed by atoms with Gasteiger partial charge < -0.3 is 18.9 Å². The third kappa shape index (κ3) is 2.96. The van der Waals surface area contributed by atoms with E-state index in [9.17, 15) is 9.59 Å². The van der Waals surface area contributed by atoms with Crippen molar-refractivity contribution in [1.82, 2.24) is 0 Å². The van der Waals surface area contributed by atoms with E-state index in [4.69, 9.17) is 18.9 Å². The highest BCUT2D eigenvalue weighted by molar-refractivity contribution is 5.82. The lowest BCUT2D eigenvalue weighted by molar-refractivity contribution is -0.142.